The Morgan fingerprint density at radius 2 is 1.88 bits per heavy atom. The molecule has 0 saturated carbocycles. The van der Waals surface area contributed by atoms with E-state index >= 15 is 0 Å². The average Bonchev–Trinajstić information content (AvgIpc) is 2.83. The van der Waals surface area contributed by atoms with Crippen LogP contribution in [0.3, 0.4) is 0 Å². The zero-order valence-corrected chi connectivity index (χ0v) is 10.1. The molecule has 4 heteroatoms. The Bertz CT molecular complexity index is 380. The van der Waals surface area contributed by atoms with E-state index in [9.17, 15) is 4.79 Å². The molecule has 0 aromatic heterocycles. The van der Waals surface area contributed by atoms with Crippen LogP contribution in [0.25, 0.3) is 0 Å². The Balaban J connectivity index is 1.96. The fourth-order valence-corrected chi connectivity index (χ4v) is 1.99. The molecule has 2 amide bonds. The molecule has 3 N–H and O–H groups in total. The first kappa shape index (κ1) is 11.9. The van der Waals surface area contributed by atoms with Crippen molar-refractivity contribution >= 4 is 11.7 Å². The summed E-state index contributed by atoms with van der Waals surface area (Å²) in [4.78, 5) is 13.7. The highest BCUT2D eigenvalue weighted by molar-refractivity contribution is 5.89. The first-order chi connectivity index (χ1) is 8.16. The Morgan fingerprint density at radius 1 is 1.29 bits per heavy atom. The van der Waals surface area contributed by atoms with Gasteiger partial charge in [0.25, 0.3) is 0 Å². The Kier molecular flexibility index (Phi) is 3.64. The summed E-state index contributed by atoms with van der Waals surface area (Å²) < 4.78 is 0. The molecule has 92 valence electrons. The summed E-state index contributed by atoms with van der Waals surface area (Å²) >= 11 is 0. The molecular weight excluding hydrogens is 214 g/mol. The molecule has 1 atom stereocenters. The van der Waals surface area contributed by atoms with Crippen LogP contribution in [0.1, 0.15) is 31.4 Å². The van der Waals surface area contributed by atoms with E-state index in [0.29, 0.717) is 0 Å². The highest BCUT2D eigenvalue weighted by Crippen LogP contribution is 2.15. The first-order valence-corrected chi connectivity index (χ1v) is 6.08. The smallest absolute Gasteiger partial charge is 0.321 e. The first-order valence-electron chi connectivity index (χ1n) is 6.08. The Hall–Kier alpha value is -1.55. The largest absolute Gasteiger partial charge is 0.325 e. The summed E-state index contributed by atoms with van der Waals surface area (Å²) in [7, 11) is 0. The summed E-state index contributed by atoms with van der Waals surface area (Å²) in [6.07, 6.45) is 2.22. The second kappa shape index (κ2) is 5.19. The normalized spacial score (nSPS) is 16.9. The molecule has 1 fully saturated rings. The third-order valence-corrected chi connectivity index (χ3v) is 3.08. The minimum absolute atomic E-state index is 0.00366. The lowest BCUT2D eigenvalue weighted by molar-refractivity contribution is 0.222. The number of hydrogen-bond donors (Lipinski definition) is 2. The van der Waals surface area contributed by atoms with Gasteiger partial charge < -0.3 is 16.0 Å². The molecule has 17 heavy (non-hydrogen) atoms. The monoisotopic (exact) mass is 233 g/mol. The summed E-state index contributed by atoms with van der Waals surface area (Å²) in [5.41, 5.74) is 7.67. The summed E-state index contributed by atoms with van der Waals surface area (Å²) in [5.74, 6) is 0. The molecule has 1 saturated heterocycles. The molecular formula is C13H19N3O. The number of carbonyl (C=O) groups is 1. The molecule has 2 rings (SSSR count). The van der Waals surface area contributed by atoms with Crippen molar-refractivity contribution < 1.29 is 4.79 Å². The van der Waals surface area contributed by atoms with Crippen molar-refractivity contribution in [3.05, 3.63) is 29.8 Å². The van der Waals surface area contributed by atoms with Crippen LogP contribution < -0.4 is 11.1 Å². The second-order valence-electron chi connectivity index (χ2n) is 4.53. The third kappa shape index (κ3) is 2.97. The van der Waals surface area contributed by atoms with Gasteiger partial charge in [-0.05, 0) is 37.5 Å². The summed E-state index contributed by atoms with van der Waals surface area (Å²) in [6.45, 7) is 3.67. The molecule has 0 aliphatic carbocycles. The SMILES string of the molecule is CC(N)c1ccc(NC(=O)N2CCCC2)cc1. The van der Waals surface area contributed by atoms with Crippen molar-refractivity contribution in [1.82, 2.24) is 4.90 Å². The maximum absolute atomic E-state index is 11.8. The van der Waals surface area contributed by atoms with Crippen LogP contribution in [0.15, 0.2) is 24.3 Å². The van der Waals surface area contributed by atoms with Gasteiger partial charge in [-0.15, -0.1) is 0 Å². The Labute approximate surface area is 102 Å². The number of carbonyl (C=O) groups excluding carboxylic acids is 1. The number of amides is 2. The predicted molar refractivity (Wildman–Crippen MR) is 68.9 cm³/mol. The lowest BCUT2D eigenvalue weighted by Gasteiger charge is -2.16. The molecule has 1 heterocycles. The number of likely N-dealkylation sites (tertiary alicyclic amines) is 1. The van der Waals surface area contributed by atoms with E-state index in [1.165, 1.54) is 0 Å². The van der Waals surface area contributed by atoms with Gasteiger partial charge in [-0.3, -0.25) is 0 Å². The van der Waals surface area contributed by atoms with Crippen LogP contribution in [-0.4, -0.2) is 24.0 Å². The summed E-state index contributed by atoms with van der Waals surface area (Å²) in [6, 6.07) is 7.71. The molecule has 1 aromatic carbocycles. The minimum Gasteiger partial charge on any atom is -0.325 e. The van der Waals surface area contributed by atoms with E-state index in [2.05, 4.69) is 5.32 Å². The predicted octanol–water partition coefficient (Wildman–Crippen LogP) is 2.33. The van der Waals surface area contributed by atoms with Crippen molar-refractivity contribution in [3.8, 4) is 0 Å². The number of anilines is 1. The van der Waals surface area contributed by atoms with Crippen LogP contribution in [0.4, 0.5) is 10.5 Å². The van der Waals surface area contributed by atoms with Crippen LogP contribution in [0.5, 0.6) is 0 Å². The number of benzene rings is 1. The van der Waals surface area contributed by atoms with E-state index in [1.54, 1.807) is 0 Å². The van der Waals surface area contributed by atoms with Crippen LogP contribution in [0, 0.1) is 0 Å². The molecule has 0 radical (unpaired) electrons. The number of urea groups is 1. The van der Waals surface area contributed by atoms with Crippen LogP contribution in [-0.2, 0) is 0 Å². The van der Waals surface area contributed by atoms with E-state index in [0.717, 1.165) is 37.2 Å². The fraction of sp³-hybridized carbons (Fsp3) is 0.462. The Morgan fingerprint density at radius 3 is 2.41 bits per heavy atom. The number of hydrogen-bond acceptors (Lipinski definition) is 2. The van der Waals surface area contributed by atoms with Gasteiger partial charge in [-0.1, -0.05) is 12.1 Å². The lowest BCUT2D eigenvalue weighted by Crippen LogP contribution is -2.32. The van der Waals surface area contributed by atoms with Crippen LogP contribution >= 0.6 is 0 Å². The van der Waals surface area contributed by atoms with E-state index < -0.39 is 0 Å². The maximum atomic E-state index is 11.8. The molecule has 1 aromatic rings. The third-order valence-electron chi connectivity index (χ3n) is 3.08. The van der Waals surface area contributed by atoms with Gasteiger partial charge in [0.15, 0.2) is 0 Å². The molecule has 1 unspecified atom stereocenters. The van der Waals surface area contributed by atoms with E-state index in [4.69, 9.17) is 5.73 Å². The second-order valence-corrected chi connectivity index (χ2v) is 4.53. The van der Waals surface area contributed by atoms with Crippen molar-refractivity contribution in [3.63, 3.8) is 0 Å². The highest BCUT2D eigenvalue weighted by atomic mass is 16.2. The van der Waals surface area contributed by atoms with E-state index in [-0.39, 0.29) is 12.1 Å². The standard InChI is InChI=1S/C13H19N3O/c1-10(14)11-4-6-12(7-5-11)15-13(17)16-8-2-3-9-16/h4-7,10H,2-3,8-9,14H2,1H3,(H,15,17). The van der Waals surface area contributed by atoms with Gasteiger partial charge in [-0.25, -0.2) is 4.79 Å². The minimum atomic E-state index is -0.00366. The van der Waals surface area contributed by atoms with Gasteiger partial charge in [0.2, 0.25) is 0 Å². The van der Waals surface area contributed by atoms with Gasteiger partial charge in [-0.2, -0.15) is 0 Å². The molecule has 0 bridgehead atoms. The molecule has 1 aliphatic heterocycles. The zero-order valence-electron chi connectivity index (χ0n) is 10.1. The van der Waals surface area contributed by atoms with Gasteiger partial charge >= 0.3 is 6.03 Å². The van der Waals surface area contributed by atoms with Crippen molar-refractivity contribution in [2.75, 3.05) is 18.4 Å². The molecule has 4 nitrogen and oxygen atoms in total. The quantitative estimate of drug-likeness (QED) is 0.823. The number of nitrogens with zero attached hydrogens (tertiary/aromatic N) is 1. The van der Waals surface area contributed by atoms with Gasteiger partial charge in [0.05, 0.1) is 0 Å². The fourth-order valence-electron chi connectivity index (χ4n) is 1.99. The average molecular weight is 233 g/mol. The number of nitrogens with one attached hydrogen (secondary N) is 1. The van der Waals surface area contributed by atoms with E-state index in [1.807, 2.05) is 36.1 Å². The topological polar surface area (TPSA) is 58.4 Å². The maximum Gasteiger partial charge on any atom is 0.321 e. The van der Waals surface area contributed by atoms with Crippen molar-refractivity contribution in [2.45, 2.75) is 25.8 Å². The molecule has 1 aliphatic rings. The lowest BCUT2D eigenvalue weighted by atomic mass is 10.1. The van der Waals surface area contributed by atoms with Crippen LogP contribution in [0.2, 0.25) is 0 Å². The van der Waals surface area contributed by atoms with Gasteiger partial charge in [0, 0.05) is 24.8 Å². The van der Waals surface area contributed by atoms with Gasteiger partial charge in [0.1, 0.15) is 0 Å². The molecule has 0 spiro atoms. The zero-order chi connectivity index (χ0) is 12.3. The summed E-state index contributed by atoms with van der Waals surface area (Å²) in [5, 5.41) is 2.90. The number of rotatable bonds is 2. The highest BCUT2D eigenvalue weighted by Gasteiger charge is 2.17. The van der Waals surface area contributed by atoms with Crippen molar-refractivity contribution in [1.29, 1.82) is 0 Å². The van der Waals surface area contributed by atoms with Crippen molar-refractivity contribution in [2.24, 2.45) is 5.73 Å². The number of nitrogens with two attached hydrogens (primary N) is 1.